The number of amides is 2. The third-order valence-corrected chi connectivity index (χ3v) is 4.00. The van der Waals surface area contributed by atoms with Gasteiger partial charge in [0.2, 0.25) is 17.7 Å². The summed E-state index contributed by atoms with van der Waals surface area (Å²) in [4.78, 5) is 34.1. The van der Waals surface area contributed by atoms with E-state index in [4.69, 9.17) is 9.47 Å². The molecule has 9 heteroatoms. The van der Waals surface area contributed by atoms with E-state index < -0.39 is 5.92 Å². The van der Waals surface area contributed by atoms with Gasteiger partial charge < -0.3 is 19.7 Å². The molecular weight excluding hydrogens is 343 g/mol. The maximum absolute atomic E-state index is 13.0. The van der Waals surface area contributed by atoms with Crippen LogP contribution >= 0.6 is 0 Å². The number of aromatic nitrogens is 2. The molecule has 136 valence electrons. The van der Waals surface area contributed by atoms with E-state index in [2.05, 4.69) is 15.3 Å². The van der Waals surface area contributed by atoms with Crippen molar-refractivity contribution in [3.8, 4) is 11.9 Å². The van der Waals surface area contributed by atoms with E-state index in [1.807, 2.05) is 0 Å². The average molecular weight is 360 g/mol. The standard InChI is InChI=1S/C17H17FN4O4/c1-25-16-13(8-19-17(21-16)26-2)20-15(24)10-7-14(23)22(9-10)12-5-3-11(18)4-6-12/h3-6,8,10H,7,9H2,1-2H3,(H,20,24). The fraction of sp³-hybridized carbons (Fsp3) is 0.294. The molecule has 1 saturated heterocycles. The van der Waals surface area contributed by atoms with Gasteiger partial charge in [0.25, 0.3) is 0 Å². The molecule has 26 heavy (non-hydrogen) atoms. The molecule has 1 N–H and O–H groups in total. The van der Waals surface area contributed by atoms with Crippen LogP contribution in [0.1, 0.15) is 6.42 Å². The summed E-state index contributed by atoms with van der Waals surface area (Å²) < 4.78 is 23.1. The first-order valence-electron chi connectivity index (χ1n) is 7.83. The van der Waals surface area contributed by atoms with Crippen LogP contribution in [0.3, 0.4) is 0 Å². The van der Waals surface area contributed by atoms with Crippen molar-refractivity contribution in [3.05, 3.63) is 36.3 Å². The maximum atomic E-state index is 13.0. The summed E-state index contributed by atoms with van der Waals surface area (Å²) in [6.07, 6.45) is 1.43. The predicted molar refractivity (Wildman–Crippen MR) is 90.6 cm³/mol. The maximum Gasteiger partial charge on any atom is 0.319 e. The molecular formula is C17H17FN4O4. The highest BCUT2D eigenvalue weighted by molar-refractivity contribution is 6.03. The molecule has 1 fully saturated rings. The largest absolute Gasteiger partial charge is 0.479 e. The molecule has 8 nitrogen and oxygen atoms in total. The molecule has 0 bridgehead atoms. The van der Waals surface area contributed by atoms with Gasteiger partial charge in [0.1, 0.15) is 11.5 Å². The number of rotatable bonds is 5. The van der Waals surface area contributed by atoms with Crippen LogP contribution < -0.4 is 19.7 Å². The zero-order valence-corrected chi connectivity index (χ0v) is 14.2. The Morgan fingerprint density at radius 3 is 2.65 bits per heavy atom. The van der Waals surface area contributed by atoms with Gasteiger partial charge in [-0.1, -0.05) is 0 Å². The molecule has 0 radical (unpaired) electrons. The molecule has 2 heterocycles. The van der Waals surface area contributed by atoms with Crippen LogP contribution in [-0.2, 0) is 9.59 Å². The van der Waals surface area contributed by atoms with Crippen molar-refractivity contribution in [3.63, 3.8) is 0 Å². The van der Waals surface area contributed by atoms with Gasteiger partial charge in [0.05, 0.1) is 26.3 Å². The third kappa shape index (κ3) is 3.56. The number of halogens is 1. The van der Waals surface area contributed by atoms with Crippen molar-refractivity contribution >= 4 is 23.2 Å². The lowest BCUT2D eigenvalue weighted by Crippen LogP contribution is -2.28. The van der Waals surface area contributed by atoms with Crippen molar-refractivity contribution in [2.45, 2.75) is 6.42 Å². The zero-order chi connectivity index (χ0) is 18.7. The molecule has 1 aromatic heterocycles. The minimum Gasteiger partial charge on any atom is -0.479 e. The predicted octanol–water partition coefficient (Wildman–Crippen LogP) is 1.62. The van der Waals surface area contributed by atoms with Gasteiger partial charge in [-0.25, -0.2) is 9.37 Å². The van der Waals surface area contributed by atoms with Crippen LogP contribution in [0.15, 0.2) is 30.5 Å². The Morgan fingerprint density at radius 2 is 2.00 bits per heavy atom. The van der Waals surface area contributed by atoms with E-state index in [1.54, 1.807) is 0 Å². The second kappa shape index (κ2) is 7.34. The van der Waals surface area contributed by atoms with Crippen LogP contribution in [0.2, 0.25) is 0 Å². The van der Waals surface area contributed by atoms with Crippen LogP contribution in [0, 0.1) is 11.7 Å². The Kier molecular flexibility index (Phi) is 4.97. The summed E-state index contributed by atoms with van der Waals surface area (Å²) >= 11 is 0. The number of carbonyl (C=O) groups excluding carboxylic acids is 2. The smallest absolute Gasteiger partial charge is 0.319 e. The zero-order valence-electron chi connectivity index (χ0n) is 14.2. The molecule has 1 aliphatic heterocycles. The van der Waals surface area contributed by atoms with Crippen molar-refractivity contribution in [2.75, 3.05) is 31.0 Å². The van der Waals surface area contributed by atoms with Crippen molar-refractivity contribution in [2.24, 2.45) is 5.92 Å². The van der Waals surface area contributed by atoms with Crippen LogP contribution in [0.5, 0.6) is 11.9 Å². The number of hydrogen-bond acceptors (Lipinski definition) is 6. The monoisotopic (exact) mass is 360 g/mol. The first-order valence-corrected chi connectivity index (χ1v) is 7.83. The first kappa shape index (κ1) is 17.6. The molecule has 0 spiro atoms. The van der Waals surface area contributed by atoms with Gasteiger partial charge in [0.15, 0.2) is 0 Å². The van der Waals surface area contributed by atoms with E-state index in [0.29, 0.717) is 5.69 Å². The molecule has 3 rings (SSSR count). The van der Waals surface area contributed by atoms with Crippen molar-refractivity contribution < 1.29 is 23.5 Å². The summed E-state index contributed by atoms with van der Waals surface area (Å²) in [5, 5.41) is 2.67. The Bertz CT molecular complexity index is 828. The highest BCUT2D eigenvalue weighted by Gasteiger charge is 2.35. The highest BCUT2D eigenvalue weighted by Crippen LogP contribution is 2.28. The Labute approximate surface area is 149 Å². The molecule has 0 aliphatic carbocycles. The van der Waals surface area contributed by atoms with Gasteiger partial charge in [-0.05, 0) is 24.3 Å². The number of nitrogens with one attached hydrogen (secondary N) is 1. The van der Waals surface area contributed by atoms with E-state index >= 15 is 0 Å². The fourth-order valence-corrected chi connectivity index (χ4v) is 2.68. The number of anilines is 2. The van der Waals surface area contributed by atoms with E-state index in [-0.39, 0.29) is 48.2 Å². The second-order valence-electron chi connectivity index (χ2n) is 5.65. The summed E-state index contributed by atoms with van der Waals surface area (Å²) in [5.41, 5.74) is 0.836. The highest BCUT2D eigenvalue weighted by atomic mass is 19.1. The molecule has 1 atom stereocenters. The SMILES string of the molecule is COc1ncc(NC(=O)C2CC(=O)N(c3ccc(F)cc3)C2)c(OC)n1. The summed E-state index contributed by atoms with van der Waals surface area (Å²) in [6.45, 7) is 0.204. The lowest BCUT2D eigenvalue weighted by molar-refractivity contribution is -0.122. The Balaban J connectivity index is 1.71. The lowest BCUT2D eigenvalue weighted by Gasteiger charge is -2.17. The summed E-state index contributed by atoms with van der Waals surface area (Å²) in [5.74, 6) is -1.34. The number of benzene rings is 1. The normalized spacial score (nSPS) is 16.5. The van der Waals surface area contributed by atoms with E-state index in [1.165, 1.54) is 49.6 Å². The number of hydrogen-bond donors (Lipinski definition) is 1. The molecule has 1 aromatic carbocycles. The molecule has 1 unspecified atom stereocenters. The van der Waals surface area contributed by atoms with E-state index in [0.717, 1.165) is 0 Å². The van der Waals surface area contributed by atoms with Gasteiger partial charge in [-0.2, -0.15) is 4.98 Å². The minimum atomic E-state index is -0.556. The fourth-order valence-electron chi connectivity index (χ4n) is 2.68. The number of carbonyl (C=O) groups is 2. The van der Waals surface area contributed by atoms with Gasteiger partial charge >= 0.3 is 6.01 Å². The van der Waals surface area contributed by atoms with Gasteiger partial charge in [-0.3, -0.25) is 9.59 Å². The lowest BCUT2D eigenvalue weighted by atomic mass is 10.1. The van der Waals surface area contributed by atoms with Gasteiger partial charge in [-0.15, -0.1) is 0 Å². The topological polar surface area (TPSA) is 93.6 Å². The molecule has 2 aromatic rings. The van der Waals surface area contributed by atoms with Gasteiger partial charge in [0, 0.05) is 18.7 Å². The third-order valence-electron chi connectivity index (χ3n) is 4.00. The minimum absolute atomic E-state index is 0.0581. The van der Waals surface area contributed by atoms with E-state index in [9.17, 15) is 14.0 Å². The number of nitrogens with zero attached hydrogens (tertiary/aromatic N) is 3. The van der Waals surface area contributed by atoms with Crippen LogP contribution in [0.4, 0.5) is 15.8 Å². The Hall–Kier alpha value is -3.23. The summed E-state index contributed by atoms with van der Waals surface area (Å²) in [6, 6.07) is 5.67. The Morgan fingerprint density at radius 1 is 1.27 bits per heavy atom. The van der Waals surface area contributed by atoms with Crippen molar-refractivity contribution in [1.82, 2.24) is 9.97 Å². The molecule has 2 amide bonds. The summed E-state index contributed by atoms with van der Waals surface area (Å²) in [7, 11) is 2.83. The second-order valence-corrected chi connectivity index (χ2v) is 5.65. The van der Waals surface area contributed by atoms with Crippen molar-refractivity contribution in [1.29, 1.82) is 0 Å². The first-order chi connectivity index (χ1) is 12.5. The quantitative estimate of drug-likeness (QED) is 0.871. The van der Waals surface area contributed by atoms with Crippen LogP contribution in [0.25, 0.3) is 0 Å². The number of methoxy groups -OCH3 is 2. The number of ether oxygens (including phenoxy) is 2. The van der Waals surface area contributed by atoms with Crippen LogP contribution in [-0.4, -0.2) is 42.5 Å². The average Bonchev–Trinajstić information content (AvgIpc) is 3.04. The molecule has 0 saturated carbocycles. The molecule has 1 aliphatic rings.